The summed E-state index contributed by atoms with van der Waals surface area (Å²) in [5.74, 6) is -1.32. The number of primary sulfonamides is 1. The standard InChI is InChI=1S/C17H23N3O8S/c1-3-27-17(23)20-8-6-19(7-9-20)15(21)11-28-16(22)12-4-5-13(26-2)14(10-12)29(18,24)25/h4-5,10H,3,6-9,11H2,1-2H3,(H2,18,24,25). The third-order valence-electron chi connectivity index (χ3n) is 4.19. The first-order chi connectivity index (χ1) is 13.7. The highest BCUT2D eigenvalue weighted by Crippen LogP contribution is 2.24. The predicted molar refractivity (Wildman–Crippen MR) is 99.8 cm³/mol. The molecule has 2 rings (SSSR count). The second-order valence-corrected chi connectivity index (χ2v) is 7.58. The van der Waals surface area contributed by atoms with E-state index in [1.165, 1.54) is 29.0 Å². The van der Waals surface area contributed by atoms with Crippen LogP contribution in [0.15, 0.2) is 23.1 Å². The van der Waals surface area contributed by atoms with Crippen molar-refractivity contribution in [3.63, 3.8) is 0 Å². The predicted octanol–water partition coefficient (Wildman–Crippen LogP) is -0.200. The van der Waals surface area contributed by atoms with Crippen molar-refractivity contribution in [3.8, 4) is 5.75 Å². The van der Waals surface area contributed by atoms with Gasteiger partial charge >= 0.3 is 12.1 Å². The zero-order valence-corrected chi connectivity index (χ0v) is 16.9. The van der Waals surface area contributed by atoms with Crippen LogP contribution in [0, 0.1) is 0 Å². The van der Waals surface area contributed by atoms with E-state index >= 15 is 0 Å². The molecule has 2 amide bonds. The molecule has 11 nitrogen and oxygen atoms in total. The van der Waals surface area contributed by atoms with Crippen LogP contribution in [-0.4, -0.2) is 82.7 Å². The van der Waals surface area contributed by atoms with Crippen molar-refractivity contribution in [2.24, 2.45) is 5.14 Å². The number of hydrogen-bond donors (Lipinski definition) is 1. The largest absolute Gasteiger partial charge is 0.495 e. The summed E-state index contributed by atoms with van der Waals surface area (Å²) in [5, 5.41) is 5.12. The summed E-state index contributed by atoms with van der Waals surface area (Å²) in [5.41, 5.74) is -0.0882. The highest BCUT2D eigenvalue weighted by Gasteiger charge is 2.26. The van der Waals surface area contributed by atoms with Gasteiger partial charge < -0.3 is 24.0 Å². The van der Waals surface area contributed by atoms with Crippen LogP contribution in [0.1, 0.15) is 17.3 Å². The molecule has 1 aliphatic rings. The molecule has 0 unspecified atom stereocenters. The van der Waals surface area contributed by atoms with Crippen LogP contribution in [0.25, 0.3) is 0 Å². The van der Waals surface area contributed by atoms with Crippen LogP contribution in [0.4, 0.5) is 4.79 Å². The molecule has 1 saturated heterocycles. The lowest BCUT2D eigenvalue weighted by atomic mass is 10.2. The molecule has 12 heteroatoms. The summed E-state index contributed by atoms with van der Waals surface area (Å²) in [7, 11) is -2.85. The van der Waals surface area contributed by atoms with Crippen LogP contribution < -0.4 is 9.88 Å². The first-order valence-electron chi connectivity index (χ1n) is 8.74. The van der Waals surface area contributed by atoms with Crippen molar-refractivity contribution in [1.29, 1.82) is 0 Å². The Balaban J connectivity index is 1.93. The molecular weight excluding hydrogens is 406 g/mol. The minimum atomic E-state index is -4.12. The zero-order chi connectivity index (χ0) is 21.6. The van der Waals surface area contributed by atoms with Gasteiger partial charge in [0.25, 0.3) is 5.91 Å². The Morgan fingerprint density at radius 1 is 1.07 bits per heavy atom. The lowest BCUT2D eigenvalue weighted by Gasteiger charge is -2.33. The van der Waals surface area contributed by atoms with Crippen LogP contribution >= 0.6 is 0 Å². The van der Waals surface area contributed by atoms with Gasteiger partial charge in [0, 0.05) is 26.2 Å². The smallest absolute Gasteiger partial charge is 0.409 e. The Kier molecular flexibility index (Phi) is 7.40. The molecule has 1 aromatic carbocycles. The summed E-state index contributed by atoms with van der Waals surface area (Å²) in [6, 6.07) is 3.60. The number of amides is 2. The maximum Gasteiger partial charge on any atom is 0.409 e. The van der Waals surface area contributed by atoms with Gasteiger partial charge in [0.15, 0.2) is 6.61 Å². The van der Waals surface area contributed by atoms with E-state index < -0.39 is 34.6 Å². The molecule has 0 spiro atoms. The molecule has 1 heterocycles. The summed E-state index contributed by atoms with van der Waals surface area (Å²) < 4.78 is 38.1. The third-order valence-corrected chi connectivity index (χ3v) is 5.12. The molecule has 0 radical (unpaired) electrons. The molecule has 0 saturated carbocycles. The number of ether oxygens (including phenoxy) is 3. The molecule has 0 aliphatic carbocycles. The number of rotatable bonds is 6. The normalized spacial score (nSPS) is 14.3. The minimum absolute atomic E-state index is 0.0143. The Bertz CT molecular complexity index is 879. The Morgan fingerprint density at radius 2 is 1.69 bits per heavy atom. The maximum atomic E-state index is 12.2. The van der Waals surface area contributed by atoms with E-state index in [0.29, 0.717) is 13.1 Å². The average molecular weight is 429 g/mol. The lowest BCUT2D eigenvalue weighted by Crippen LogP contribution is -2.51. The second kappa shape index (κ2) is 9.56. The van der Waals surface area contributed by atoms with Gasteiger partial charge in [-0.15, -0.1) is 0 Å². The van der Waals surface area contributed by atoms with E-state index in [1.54, 1.807) is 6.92 Å². The van der Waals surface area contributed by atoms with Crippen LogP contribution in [0.3, 0.4) is 0 Å². The fraction of sp³-hybridized carbons (Fsp3) is 0.471. The topological polar surface area (TPSA) is 146 Å². The van der Waals surface area contributed by atoms with Gasteiger partial charge in [-0.1, -0.05) is 0 Å². The fourth-order valence-electron chi connectivity index (χ4n) is 2.68. The van der Waals surface area contributed by atoms with E-state index in [2.05, 4.69) is 0 Å². The molecular formula is C17H23N3O8S. The third kappa shape index (κ3) is 5.81. The monoisotopic (exact) mass is 429 g/mol. The van der Waals surface area contributed by atoms with E-state index in [9.17, 15) is 22.8 Å². The summed E-state index contributed by atoms with van der Waals surface area (Å²) >= 11 is 0. The first-order valence-corrected chi connectivity index (χ1v) is 10.3. The van der Waals surface area contributed by atoms with E-state index in [4.69, 9.17) is 19.3 Å². The van der Waals surface area contributed by atoms with Crippen molar-refractivity contribution in [1.82, 2.24) is 9.80 Å². The quantitative estimate of drug-likeness (QED) is 0.612. The Labute approximate surface area is 168 Å². The summed E-state index contributed by atoms with van der Waals surface area (Å²) in [6.45, 7) is 2.66. The fourth-order valence-corrected chi connectivity index (χ4v) is 3.40. The molecule has 1 aliphatic heterocycles. The Hall–Kier alpha value is -2.86. The molecule has 2 N–H and O–H groups in total. The van der Waals surface area contributed by atoms with Gasteiger partial charge in [-0.2, -0.15) is 0 Å². The van der Waals surface area contributed by atoms with E-state index in [0.717, 1.165) is 6.07 Å². The van der Waals surface area contributed by atoms with E-state index in [1.807, 2.05) is 0 Å². The molecule has 160 valence electrons. The van der Waals surface area contributed by atoms with Gasteiger partial charge in [-0.25, -0.2) is 23.1 Å². The molecule has 0 bridgehead atoms. The van der Waals surface area contributed by atoms with Crippen LogP contribution in [0.2, 0.25) is 0 Å². The summed E-state index contributed by atoms with van der Waals surface area (Å²) in [4.78, 5) is 38.7. The number of carbonyl (C=O) groups excluding carboxylic acids is 3. The number of carbonyl (C=O) groups is 3. The van der Waals surface area contributed by atoms with Gasteiger partial charge in [0.05, 0.1) is 19.3 Å². The number of benzene rings is 1. The number of piperazine rings is 1. The molecule has 1 aromatic rings. The van der Waals surface area contributed by atoms with Gasteiger partial charge in [0.1, 0.15) is 10.6 Å². The summed E-state index contributed by atoms with van der Waals surface area (Å²) in [6.07, 6.45) is -0.434. The number of nitrogens with zero attached hydrogens (tertiary/aromatic N) is 2. The molecule has 1 fully saturated rings. The molecule has 0 atom stereocenters. The number of hydrogen-bond acceptors (Lipinski definition) is 8. The average Bonchev–Trinajstić information content (AvgIpc) is 2.70. The van der Waals surface area contributed by atoms with Crippen molar-refractivity contribution in [2.75, 3.05) is 46.5 Å². The van der Waals surface area contributed by atoms with Gasteiger partial charge in [-0.3, -0.25) is 4.79 Å². The van der Waals surface area contributed by atoms with Crippen LogP contribution in [-0.2, 0) is 24.3 Å². The van der Waals surface area contributed by atoms with Gasteiger partial charge in [0.2, 0.25) is 10.0 Å². The van der Waals surface area contributed by atoms with Crippen molar-refractivity contribution in [3.05, 3.63) is 23.8 Å². The number of nitrogens with two attached hydrogens (primary N) is 1. The highest BCUT2D eigenvalue weighted by molar-refractivity contribution is 7.89. The second-order valence-electron chi connectivity index (χ2n) is 6.05. The Morgan fingerprint density at radius 3 is 2.24 bits per heavy atom. The maximum absolute atomic E-state index is 12.2. The SMILES string of the molecule is CCOC(=O)N1CCN(C(=O)COC(=O)c2ccc(OC)c(S(N)(=O)=O)c2)CC1. The minimum Gasteiger partial charge on any atom is -0.495 e. The molecule has 29 heavy (non-hydrogen) atoms. The molecule has 0 aromatic heterocycles. The highest BCUT2D eigenvalue weighted by atomic mass is 32.2. The number of esters is 1. The van der Waals surface area contributed by atoms with Crippen molar-refractivity contribution >= 4 is 28.0 Å². The van der Waals surface area contributed by atoms with E-state index in [-0.39, 0.29) is 35.9 Å². The zero-order valence-electron chi connectivity index (χ0n) is 16.1. The van der Waals surface area contributed by atoms with Crippen molar-refractivity contribution < 1.29 is 37.0 Å². The van der Waals surface area contributed by atoms with Gasteiger partial charge in [-0.05, 0) is 25.1 Å². The first kappa shape index (κ1) is 22.4. The lowest BCUT2D eigenvalue weighted by molar-refractivity contribution is -0.136. The van der Waals surface area contributed by atoms with Crippen LogP contribution in [0.5, 0.6) is 5.75 Å². The number of sulfonamides is 1. The number of methoxy groups -OCH3 is 1. The van der Waals surface area contributed by atoms with Crippen molar-refractivity contribution in [2.45, 2.75) is 11.8 Å².